The average Bonchev–Trinajstić information content (AvgIpc) is 3.11. The molecule has 0 spiro atoms. The summed E-state index contributed by atoms with van der Waals surface area (Å²) >= 11 is 1.67. The molecule has 1 unspecified atom stereocenters. The molecule has 0 radical (unpaired) electrons. The van der Waals surface area contributed by atoms with Crippen LogP contribution in [-0.4, -0.2) is 37.7 Å². The molecule has 0 saturated heterocycles. The van der Waals surface area contributed by atoms with Crippen molar-refractivity contribution in [3.8, 4) is 11.5 Å². The van der Waals surface area contributed by atoms with E-state index >= 15 is 0 Å². The van der Waals surface area contributed by atoms with Gasteiger partial charge >= 0.3 is 0 Å². The number of rotatable bonds is 7. The first-order valence-corrected chi connectivity index (χ1v) is 9.90. The summed E-state index contributed by atoms with van der Waals surface area (Å²) in [4.78, 5) is 8.95. The predicted molar refractivity (Wildman–Crippen MR) is 112 cm³/mol. The van der Waals surface area contributed by atoms with Gasteiger partial charge < -0.3 is 20.1 Å². The maximum Gasteiger partial charge on any atom is 0.191 e. The van der Waals surface area contributed by atoms with Gasteiger partial charge in [-0.15, -0.1) is 11.3 Å². The van der Waals surface area contributed by atoms with Crippen molar-refractivity contribution in [3.63, 3.8) is 0 Å². The summed E-state index contributed by atoms with van der Waals surface area (Å²) in [6, 6.07) is 7.60. The van der Waals surface area contributed by atoms with Crippen LogP contribution >= 0.6 is 11.3 Å². The maximum absolute atomic E-state index is 5.92. The second-order valence-corrected chi connectivity index (χ2v) is 8.23. The Kier molecular flexibility index (Phi) is 7.47. The zero-order valence-electron chi connectivity index (χ0n) is 17.0. The monoisotopic (exact) mass is 390 g/mol. The number of thiazole rings is 1. The Labute approximate surface area is 166 Å². The third kappa shape index (κ3) is 6.75. The maximum atomic E-state index is 5.92. The minimum Gasteiger partial charge on any atom is -0.497 e. The number of nitrogens with one attached hydrogen (secondary N) is 2. The molecule has 0 aliphatic heterocycles. The molecule has 0 amide bonds. The molecule has 2 rings (SSSR count). The van der Waals surface area contributed by atoms with Gasteiger partial charge in [0, 0.05) is 23.9 Å². The van der Waals surface area contributed by atoms with Crippen LogP contribution in [0.3, 0.4) is 0 Å². The summed E-state index contributed by atoms with van der Waals surface area (Å²) in [5.41, 5.74) is 1.19. The quantitative estimate of drug-likeness (QED) is 0.559. The van der Waals surface area contributed by atoms with Crippen molar-refractivity contribution in [1.82, 2.24) is 15.6 Å². The molecule has 7 heteroatoms. The first-order chi connectivity index (χ1) is 12.8. The number of aromatic nitrogens is 1. The minimum absolute atomic E-state index is 0.0250. The van der Waals surface area contributed by atoms with Crippen molar-refractivity contribution in [1.29, 1.82) is 0 Å². The van der Waals surface area contributed by atoms with Crippen LogP contribution in [0.15, 0.2) is 34.6 Å². The lowest BCUT2D eigenvalue weighted by Gasteiger charge is -2.18. The van der Waals surface area contributed by atoms with E-state index in [1.807, 2.05) is 31.2 Å². The summed E-state index contributed by atoms with van der Waals surface area (Å²) in [6.07, 6.45) is -0.0250. The van der Waals surface area contributed by atoms with E-state index in [4.69, 9.17) is 14.5 Å². The fourth-order valence-corrected chi connectivity index (χ4v) is 3.27. The van der Waals surface area contributed by atoms with E-state index in [-0.39, 0.29) is 11.5 Å². The van der Waals surface area contributed by atoms with Crippen LogP contribution in [-0.2, 0) is 12.0 Å². The van der Waals surface area contributed by atoms with Gasteiger partial charge in [-0.3, -0.25) is 4.99 Å². The highest BCUT2D eigenvalue weighted by atomic mass is 32.1. The normalized spacial score (nSPS) is 13.2. The first kappa shape index (κ1) is 21.0. The van der Waals surface area contributed by atoms with Crippen molar-refractivity contribution in [2.45, 2.75) is 45.8 Å². The molecular weight excluding hydrogens is 360 g/mol. The SMILES string of the molecule is CN=C(NCc1nc(C(C)(C)C)cs1)NCC(C)Oc1cccc(OC)c1. The topological polar surface area (TPSA) is 67.8 Å². The summed E-state index contributed by atoms with van der Waals surface area (Å²) < 4.78 is 11.1. The Bertz CT molecular complexity index is 752. The first-order valence-electron chi connectivity index (χ1n) is 9.02. The molecule has 148 valence electrons. The molecule has 1 atom stereocenters. The number of nitrogens with zero attached hydrogens (tertiary/aromatic N) is 2. The van der Waals surface area contributed by atoms with E-state index in [2.05, 4.69) is 41.8 Å². The fraction of sp³-hybridized carbons (Fsp3) is 0.500. The summed E-state index contributed by atoms with van der Waals surface area (Å²) in [7, 11) is 3.40. The van der Waals surface area contributed by atoms with Crippen LogP contribution < -0.4 is 20.1 Å². The van der Waals surface area contributed by atoms with Crippen LogP contribution in [0, 0.1) is 0 Å². The lowest BCUT2D eigenvalue weighted by molar-refractivity contribution is 0.223. The lowest BCUT2D eigenvalue weighted by Crippen LogP contribution is -2.41. The molecule has 0 bridgehead atoms. The van der Waals surface area contributed by atoms with E-state index in [0.29, 0.717) is 13.1 Å². The van der Waals surface area contributed by atoms with Crippen LogP contribution in [0.4, 0.5) is 0 Å². The Morgan fingerprint density at radius 1 is 1.26 bits per heavy atom. The molecular formula is C20H30N4O2S. The van der Waals surface area contributed by atoms with Crippen LogP contribution in [0.25, 0.3) is 0 Å². The zero-order valence-corrected chi connectivity index (χ0v) is 17.8. The van der Waals surface area contributed by atoms with Gasteiger partial charge in [0.25, 0.3) is 0 Å². The third-order valence-corrected chi connectivity index (χ3v) is 4.74. The lowest BCUT2D eigenvalue weighted by atomic mass is 9.93. The van der Waals surface area contributed by atoms with E-state index < -0.39 is 0 Å². The molecule has 1 aromatic heterocycles. The van der Waals surface area contributed by atoms with Crippen LogP contribution in [0.2, 0.25) is 0 Å². The highest BCUT2D eigenvalue weighted by Gasteiger charge is 2.17. The molecule has 1 aromatic carbocycles. The second-order valence-electron chi connectivity index (χ2n) is 7.29. The van der Waals surface area contributed by atoms with Crippen molar-refractivity contribution in [2.75, 3.05) is 20.7 Å². The van der Waals surface area contributed by atoms with Crippen LogP contribution in [0.1, 0.15) is 38.4 Å². The number of ether oxygens (including phenoxy) is 2. The van der Waals surface area contributed by atoms with Crippen molar-refractivity contribution < 1.29 is 9.47 Å². The van der Waals surface area contributed by atoms with Gasteiger partial charge in [-0.2, -0.15) is 0 Å². The number of aliphatic imine (C=N–C) groups is 1. The van der Waals surface area contributed by atoms with Crippen molar-refractivity contribution in [3.05, 3.63) is 40.3 Å². The van der Waals surface area contributed by atoms with E-state index in [0.717, 1.165) is 28.2 Å². The van der Waals surface area contributed by atoms with Crippen molar-refractivity contribution >= 4 is 17.3 Å². The molecule has 0 aliphatic rings. The van der Waals surface area contributed by atoms with Gasteiger partial charge in [0.05, 0.1) is 25.9 Å². The van der Waals surface area contributed by atoms with Gasteiger partial charge in [-0.05, 0) is 19.1 Å². The van der Waals surface area contributed by atoms with E-state index in [1.165, 1.54) is 0 Å². The standard InChI is InChI=1S/C20H30N4O2S/c1-14(26-16-9-7-8-15(10-16)25-6)11-22-19(21-5)23-12-18-24-17(13-27-18)20(2,3)4/h7-10,13-14H,11-12H2,1-6H3,(H2,21,22,23). The van der Waals surface area contributed by atoms with Crippen molar-refractivity contribution in [2.24, 2.45) is 4.99 Å². The molecule has 0 aliphatic carbocycles. The van der Waals surface area contributed by atoms with Gasteiger partial charge in [-0.25, -0.2) is 4.98 Å². The van der Waals surface area contributed by atoms with Crippen LogP contribution in [0.5, 0.6) is 11.5 Å². The van der Waals surface area contributed by atoms with Gasteiger partial charge in [-0.1, -0.05) is 26.8 Å². The smallest absolute Gasteiger partial charge is 0.191 e. The fourth-order valence-electron chi connectivity index (χ4n) is 2.31. The Balaban J connectivity index is 1.80. The summed E-state index contributed by atoms with van der Waals surface area (Å²) in [5, 5.41) is 9.75. The molecule has 6 nitrogen and oxygen atoms in total. The molecule has 1 heterocycles. The zero-order chi connectivity index (χ0) is 19.9. The Morgan fingerprint density at radius 2 is 2.00 bits per heavy atom. The molecule has 0 fully saturated rings. The van der Waals surface area contributed by atoms with E-state index in [9.17, 15) is 0 Å². The second kappa shape index (κ2) is 9.60. The number of hydrogen-bond donors (Lipinski definition) is 2. The Morgan fingerprint density at radius 3 is 2.63 bits per heavy atom. The van der Waals surface area contributed by atoms with Gasteiger partial charge in [0.15, 0.2) is 5.96 Å². The third-order valence-electron chi connectivity index (χ3n) is 3.89. The summed E-state index contributed by atoms with van der Waals surface area (Å²) in [5.74, 6) is 2.29. The number of guanidine groups is 1. The van der Waals surface area contributed by atoms with Gasteiger partial charge in [0.1, 0.15) is 22.6 Å². The number of benzene rings is 1. The highest BCUT2D eigenvalue weighted by molar-refractivity contribution is 7.09. The van der Waals surface area contributed by atoms with Gasteiger partial charge in [0.2, 0.25) is 0 Å². The average molecular weight is 391 g/mol. The number of hydrogen-bond acceptors (Lipinski definition) is 5. The molecule has 27 heavy (non-hydrogen) atoms. The van der Waals surface area contributed by atoms with E-state index in [1.54, 1.807) is 25.5 Å². The summed E-state index contributed by atoms with van der Waals surface area (Å²) in [6.45, 7) is 9.79. The highest BCUT2D eigenvalue weighted by Crippen LogP contribution is 2.23. The Hall–Kier alpha value is -2.28. The molecule has 2 aromatic rings. The minimum atomic E-state index is -0.0250. The molecule has 2 N–H and O–H groups in total. The number of methoxy groups -OCH3 is 1. The molecule has 0 saturated carbocycles. The predicted octanol–water partition coefficient (Wildman–Crippen LogP) is 3.58. The largest absolute Gasteiger partial charge is 0.497 e.